The Bertz CT molecular complexity index is 1020. The first-order valence-electron chi connectivity index (χ1n) is 9.51. The second-order valence-corrected chi connectivity index (χ2v) is 8.10. The van der Waals surface area contributed by atoms with Crippen LogP contribution in [0.5, 0.6) is 0 Å². The highest BCUT2D eigenvalue weighted by molar-refractivity contribution is 7.14. The molecule has 2 heterocycles. The summed E-state index contributed by atoms with van der Waals surface area (Å²) in [6.45, 7) is 7.41. The zero-order valence-corrected chi connectivity index (χ0v) is 18.5. The van der Waals surface area contributed by atoms with Crippen LogP contribution in [0.15, 0.2) is 22.6 Å². The molecule has 0 saturated carbocycles. The molecule has 0 aliphatic carbocycles. The molecule has 0 spiro atoms. The number of benzene rings is 1. The molecule has 0 fully saturated rings. The van der Waals surface area contributed by atoms with Crippen LogP contribution in [0.25, 0.3) is 0 Å². The Morgan fingerprint density at radius 2 is 1.87 bits per heavy atom. The average Bonchev–Trinajstić information content (AvgIpc) is 3.12. The maximum Gasteiger partial charge on any atom is 0.354 e. The van der Waals surface area contributed by atoms with Gasteiger partial charge in [0, 0.05) is 32.2 Å². The lowest BCUT2D eigenvalue weighted by Crippen LogP contribution is -2.32. The molecule has 0 saturated heterocycles. The van der Waals surface area contributed by atoms with Crippen LogP contribution >= 0.6 is 11.3 Å². The fourth-order valence-electron chi connectivity index (χ4n) is 3.42. The summed E-state index contributed by atoms with van der Waals surface area (Å²) in [4.78, 5) is 42.2. The number of aryl methyl sites for hydroxylation is 3. The zero-order valence-electron chi connectivity index (χ0n) is 17.7. The number of hydrogen-bond acceptors (Lipinski definition) is 7. The largest absolute Gasteiger partial charge is 0.455 e. The van der Waals surface area contributed by atoms with Crippen LogP contribution in [0, 0.1) is 20.8 Å². The molecule has 1 aliphatic rings. The van der Waals surface area contributed by atoms with Gasteiger partial charge in [-0.25, -0.2) is 14.8 Å². The van der Waals surface area contributed by atoms with Gasteiger partial charge in [-0.15, -0.1) is 11.3 Å². The lowest BCUT2D eigenvalue weighted by Gasteiger charge is -2.23. The minimum Gasteiger partial charge on any atom is -0.455 e. The molecule has 0 unspecified atom stereocenters. The first-order chi connectivity index (χ1) is 14.2. The number of aromatic nitrogens is 1. The Kier molecular flexibility index (Phi) is 6.31. The van der Waals surface area contributed by atoms with E-state index in [0.29, 0.717) is 10.8 Å². The minimum absolute atomic E-state index is 0.0381. The summed E-state index contributed by atoms with van der Waals surface area (Å²) in [5.74, 6) is -0.855. The predicted molar refractivity (Wildman–Crippen MR) is 115 cm³/mol. The summed E-state index contributed by atoms with van der Waals surface area (Å²) in [6.07, 6.45) is 0.489. The first-order valence-corrected chi connectivity index (χ1v) is 10.4. The highest BCUT2D eigenvalue weighted by atomic mass is 32.1. The van der Waals surface area contributed by atoms with Crippen LogP contribution in [0.4, 0.5) is 10.8 Å². The fraction of sp³-hybridized carbons (Fsp3) is 0.381. The molecular weight excluding hydrogens is 404 g/mol. The van der Waals surface area contributed by atoms with Crippen LogP contribution in [0.2, 0.25) is 0 Å². The van der Waals surface area contributed by atoms with E-state index in [2.05, 4.69) is 10.1 Å². The Labute approximate surface area is 179 Å². The van der Waals surface area contributed by atoms with Crippen molar-refractivity contribution < 1.29 is 19.1 Å². The smallest absolute Gasteiger partial charge is 0.354 e. The van der Waals surface area contributed by atoms with Gasteiger partial charge in [-0.2, -0.15) is 5.10 Å². The van der Waals surface area contributed by atoms with Crippen LogP contribution in [-0.2, 0) is 25.7 Å². The van der Waals surface area contributed by atoms with Crippen molar-refractivity contribution >= 4 is 45.7 Å². The van der Waals surface area contributed by atoms with Crippen LogP contribution in [0.3, 0.4) is 0 Å². The van der Waals surface area contributed by atoms with E-state index in [9.17, 15) is 14.4 Å². The number of esters is 1. The van der Waals surface area contributed by atoms with Crippen molar-refractivity contribution in [1.82, 2.24) is 9.99 Å². The van der Waals surface area contributed by atoms with Crippen LogP contribution in [0.1, 0.15) is 42.1 Å². The number of nitrogens with zero attached hydrogens (tertiary/aromatic N) is 4. The summed E-state index contributed by atoms with van der Waals surface area (Å²) < 4.78 is 5.31. The molecule has 2 aromatic rings. The summed E-state index contributed by atoms with van der Waals surface area (Å²) >= 11 is 1.31. The molecule has 30 heavy (non-hydrogen) atoms. The minimum atomic E-state index is -0.572. The highest BCUT2D eigenvalue weighted by Crippen LogP contribution is 2.34. The van der Waals surface area contributed by atoms with E-state index in [1.54, 1.807) is 10.3 Å². The van der Waals surface area contributed by atoms with E-state index in [4.69, 9.17) is 4.74 Å². The van der Waals surface area contributed by atoms with Gasteiger partial charge in [-0.1, -0.05) is 17.7 Å². The third-order valence-electron chi connectivity index (χ3n) is 4.70. The normalized spacial score (nSPS) is 13.8. The van der Waals surface area contributed by atoms with E-state index in [-0.39, 0.29) is 37.0 Å². The zero-order chi connectivity index (χ0) is 22.0. The van der Waals surface area contributed by atoms with Gasteiger partial charge in [0.2, 0.25) is 11.8 Å². The molecule has 1 aliphatic heterocycles. The van der Waals surface area contributed by atoms with Gasteiger partial charge in [0.05, 0.1) is 11.4 Å². The molecule has 0 atom stereocenters. The summed E-state index contributed by atoms with van der Waals surface area (Å²) in [5, 5.41) is 7.38. The molecule has 0 N–H and O–H groups in total. The molecule has 158 valence electrons. The summed E-state index contributed by atoms with van der Waals surface area (Å²) in [7, 11) is 1.51. The van der Waals surface area contributed by atoms with E-state index >= 15 is 0 Å². The Balaban J connectivity index is 1.76. The summed E-state index contributed by atoms with van der Waals surface area (Å²) in [6, 6.07) is 4.06. The molecule has 1 aromatic carbocycles. The number of carbonyl (C=O) groups excluding carboxylic acids is 3. The van der Waals surface area contributed by atoms with Crippen molar-refractivity contribution in [2.24, 2.45) is 5.10 Å². The second-order valence-electron chi connectivity index (χ2n) is 7.26. The maximum atomic E-state index is 12.4. The number of ether oxygens (including phenoxy) is 1. The van der Waals surface area contributed by atoms with E-state index in [1.165, 1.54) is 25.3 Å². The molecule has 3 rings (SSSR count). The van der Waals surface area contributed by atoms with E-state index in [1.807, 2.05) is 32.9 Å². The molecule has 0 bridgehead atoms. The maximum absolute atomic E-state index is 12.4. The molecule has 2 amide bonds. The van der Waals surface area contributed by atoms with Crippen molar-refractivity contribution in [2.45, 2.75) is 47.1 Å². The second kappa shape index (κ2) is 8.74. The van der Waals surface area contributed by atoms with Gasteiger partial charge in [-0.05, 0) is 31.9 Å². The average molecular weight is 429 g/mol. The van der Waals surface area contributed by atoms with Crippen molar-refractivity contribution in [2.75, 3.05) is 11.9 Å². The van der Waals surface area contributed by atoms with Crippen molar-refractivity contribution in [3.05, 3.63) is 39.9 Å². The Hall–Kier alpha value is -3.07. The van der Waals surface area contributed by atoms with Crippen molar-refractivity contribution in [3.8, 4) is 0 Å². The van der Waals surface area contributed by atoms with Gasteiger partial charge in [0.25, 0.3) is 0 Å². The molecule has 0 radical (unpaired) electrons. The number of amides is 2. The van der Waals surface area contributed by atoms with Crippen molar-refractivity contribution in [1.29, 1.82) is 0 Å². The van der Waals surface area contributed by atoms with Crippen LogP contribution in [-0.4, -0.2) is 40.5 Å². The lowest BCUT2D eigenvalue weighted by atomic mass is 10.0. The third kappa shape index (κ3) is 4.56. The van der Waals surface area contributed by atoms with Gasteiger partial charge in [0.1, 0.15) is 12.3 Å². The molecule has 8 nitrogen and oxygen atoms in total. The highest BCUT2D eigenvalue weighted by Gasteiger charge is 2.24. The van der Waals surface area contributed by atoms with Gasteiger partial charge < -0.3 is 4.74 Å². The quantitative estimate of drug-likeness (QED) is 0.681. The SMILES string of the molecule is CC(=O)N(c1nc(COC(=O)C2=NN(C)C(=O)CC2)cs1)c1c(C)cc(C)cc1C. The number of thiazole rings is 1. The van der Waals surface area contributed by atoms with E-state index in [0.717, 1.165) is 27.4 Å². The topological polar surface area (TPSA) is 92.2 Å². The predicted octanol–water partition coefficient (Wildman–Crippen LogP) is 3.40. The monoisotopic (exact) mass is 428 g/mol. The number of hydrogen-bond donors (Lipinski definition) is 0. The fourth-order valence-corrected chi connectivity index (χ4v) is 4.28. The number of rotatable bonds is 5. The standard InChI is InChI=1S/C21H24N4O4S/c1-12-8-13(2)19(14(3)9-12)25(15(4)26)21-22-16(11-30-21)10-29-20(28)17-6-7-18(27)24(5)23-17/h8-9,11H,6-7,10H2,1-5H3. The number of hydrazone groups is 1. The van der Waals surface area contributed by atoms with Gasteiger partial charge in [0.15, 0.2) is 5.13 Å². The van der Waals surface area contributed by atoms with Gasteiger partial charge in [-0.3, -0.25) is 14.5 Å². The number of carbonyl (C=O) groups is 3. The Morgan fingerprint density at radius 3 is 2.47 bits per heavy atom. The van der Waals surface area contributed by atoms with E-state index < -0.39 is 5.97 Å². The molecular formula is C21H24N4O4S. The van der Waals surface area contributed by atoms with Crippen LogP contribution < -0.4 is 4.90 Å². The Morgan fingerprint density at radius 1 is 1.20 bits per heavy atom. The third-order valence-corrected chi connectivity index (χ3v) is 5.57. The summed E-state index contributed by atoms with van der Waals surface area (Å²) in [5.41, 5.74) is 4.67. The lowest BCUT2D eigenvalue weighted by molar-refractivity contribution is -0.137. The van der Waals surface area contributed by atoms with Gasteiger partial charge >= 0.3 is 5.97 Å². The first kappa shape index (κ1) is 21.6. The molecule has 9 heteroatoms. The van der Waals surface area contributed by atoms with Crippen molar-refractivity contribution in [3.63, 3.8) is 0 Å². The number of anilines is 2. The molecule has 1 aromatic heterocycles.